The first-order chi connectivity index (χ1) is 12.0. The van der Waals surface area contributed by atoms with Gasteiger partial charge in [-0.05, 0) is 12.1 Å². The smallest absolute Gasteiger partial charge is 0.225 e. The molecular weight excluding hydrogens is 314 g/mol. The van der Waals surface area contributed by atoms with Gasteiger partial charge in [0, 0.05) is 56.4 Å². The van der Waals surface area contributed by atoms with Crippen molar-refractivity contribution in [3.63, 3.8) is 0 Å². The number of anilines is 2. The predicted molar refractivity (Wildman–Crippen MR) is 98.1 cm³/mol. The molecule has 0 aromatic carbocycles. The summed E-state index contributed by atoms with van der Waals surface area (Å²) in [5.74, 6) is 1.80. The Bertz CT molecular complexity index is 858. The molecule has 1 aliphatic heterocycles. The Labute approximate surface area is 147 Å². The summed E-state index contributed by atoms with van der Waals surface area (Å²) in [6.45, 7) is 10.1. The molecule has 0 N–H and O–H groups in total. The van der Waals surface area contributed by atoms with Gasteiger partial charge in [0.15, 0.2) is 5.82 Å². The third-order valence-electron chi connectivity index (χ3n) is 4.55. The summed E-state index contributed by atoms with van der Waals surface area (Å²) < 4.78 is 1.94. The highest BCUT2D eigenvalue weighted by Crippen LogP contribution is 2.27. The lowest BCUT2D eigenvalue weighted by Crippen LogP contribution is -2.47. The molecule has 0 spiro atoms. The van der Waals surface area contributed by atoms with Crippen LogP contribution in [0.15, 0.2) is 36.9 Å². The fourth-order valence-electron chi connectivity index (χ4n) is 3.09. The Morgan fingerprint density at radius 1 is 0.880 bits per heavy atom. The summed E-state index contributed by atoms with van der Waals surface area (Å²) >= 11 is 0. The summed E-state index contributed by atoms with van der Waals surface area (Å²) in [5, 5.41) is 4.72. The fraction of sp³-hybridized carbons (Fsp3) is 0.444. The van der Waals surface area contributed by atoms with Crippen molar-refractivity contribution in [2.75, 3.05) is 36.0 Å². The lowest BCUT2D eigenvalue weighted by molar-refractivity contribution is 0.562. The van der Waals surface area contributed by atoms with Crippen LogP contribution >= 0.6 is 0 Å². The van der Waals surface area contributed by atoms with Gasteiger partial charge in [-0.3, -0.25) is 0 Å². The molecule has 7 heteroatoms. The monoisotopic (exact) mass is 337 g/mol. The molecular formula is C18H23N7. The highest BCUT2D eigenvalue weighted by molar-refractivity contribution is 5.69. The third kappa shape index (κ3) is 3.01. The van der Waals surface area contributed by atoms with Gasteiger partial charge in [0.2, 0.25) is 5.95 Å². The molecule has 3 aromatic heterocycles. The zero-order valence-electron chi connectivity index (χ0n) is 14.9. The molecule has 0 unspecified atom stereocenters. The van der Waals surface area contributed by atoms with Crippen LogP contribution in [0.25, 0.3) is 5.52 Å². The molecule has 4 heterocycles. The first-order valence-corrected chi connectivity index (χ1v) is 8.64. The van der Waals surface area contributed by atoms with Gasteiger partial charge >= 0.3 is 0 Å². The summed E-state index contributed by atoms with van der Waals surface area (Å²) in [4.78, 5) is 17.9. The highest BCUT2D eigenvalue weighted by atomic mass is 15.3. The van der Waals surface area contributed by atoms with E-state index in [1.54, 1.807) is 12.4 Å². The standard InChI is InChI=1S/C18H23N7/c1-18(2,3)15-13-14-16(19-7-8-25(14)22-15)23-9-11-24(12-10-23)17-20-5-4-6-21-17/h4-8,13H,9-12H2,1-3H3. The number of rotatable bonds is 2. The molecule has 0 atom stereocenters. The van der Waals surface area contributed by atoms with Gasteiger partial charge in [-0.1, -0.05) is 20.8 Å². The van der Waals surface area contributed by atoms with E-state index in [1.165, 1.54) is 0 Å². The van der Waals surface area contributed by atoms with Crippen molar-refractivity contribution in [3.8, 4) is 0 Å². The largest absolute Gasteiger partial charge is 0.351 e. The van der Waals surface area contributed by atoms with E-state index in [9.17, 15) is 0 Å². The molecule has 0 amide bonds. The van der Waals surface area contributed by atoms with E-state index in [1.807, 2.05) is 23.0 Å². The normalized spacial score (nSPS) is 15.8. The summed E-state index contributed by atoms with van der Waals surface area (Å²) in [6, 6.07) is 4.01. The molecule has 0 aliphatic carbocycles. The minimum absolute atomic E-state index is 0.0205. The molecule has 1 aliphatic rings. The molecule has 4 rings (SSSR count). The van der Waals surface area contributed by atoms with Crippen LogP contribution in [0.3, 0.4) is 0 Å². The summed E-state index contributed by atoms with van der Waals surface area (Å²) in [6.07, 6.45) is 7.32. The second-order valence-corrected chi connectivity index (χ2v) is 7.38. The minimum atomic E-state index is 0.0205. The molecule has 1 fully saturated rings. The SMILES string of the molecule is CC(C)(C)c1cc2c(N3CCN(c4ncccn4)CC3)nccn2n1. The number of fused-ring (bicyclic) bond motifs is 1. The van der Waals surface area contributed by atoms with E-state index in [0.29, 0.717) is 0 Å². The average Bonchev–Trinajstić information content (AvgIpc) is 3.07. The van der Waals surface area contributed by atoms with Crippen molar-refractivity contribution in [1.82, 2.24) is 24.6 Å². The van der Waals surface area contributed by atoms with Crippen molar-refractivity contribution in [2.24, 2.45) is 0 Å². The maximum atomic E-state index is 4.72. The van der Waals surface area contributed by atoms with Gasteiger partial charge < -0.3 is 9.80 Å². The first-order valence-electron chi connectivity index (χ1n) is 8.64. The highest BCUT2D eigenvalue weighted by Gasteiger charge is 2.24. The number of aromatic nitrogens is 5. The molecule has 0 radical (unpaired) electrons. The van der Waals surface area contributed by atoms with Crippen LogP contribution in [0, 0.1) is 0 Å². The van der Waals surface area contributed by atoms with E-state index in [-0.39, 0.29) is 5.41 Å². The number of nitrogens with zero attached hydrogens (tertiary/aromatic N) is 7. The number of piperazine rings is 1. The topological polar surface area (TPSA) is 62.5 Å². The second kappa shape index (κ2) is 5.98. The van der Waals surface area contributed by atoms with Crippen molar-refractivity contribution >= 4 is 17.3 Å². The molecule has 0 saturated carbocycles. The van der Waals surface area contributed by atoms with Crippen molar-refractivity contribution in [3.05, 3.63) is 42.6 Å². The summed E-state index contributed by atoms with van der Waals surface area (Å²) in [7, 11) is 0. The molecule has 7 nitrogen and oxygen atoms in total. The van der Waals surface area contributed by atoms with Crippen LogP contribution in [0.5, 0.6) is 0 Å². The Hall–Kier alpha value is -2.70. The maximum Gasteiger partial charge on any atom is 0.225 e. The predicted octanol–water partition coefficient (Wildman–Crippen LogP) is 2.14. The zero-order chi connectivity index (χ0) is 17.4. The number of hydrogen-bond acceptors (Lipinski definition) is 6. The second-order valence-electron chi connectivity index (χ2n) is 7.38. The van der Waals surface area contributed by atoms with E-state index in [0.717, 1.165) is 49.2 Å². The Kier molecular flexibility index (Phi) is 3.78. The molecule has 3 aromatic rings. The first kappa shape index (κ1) is 15.8. The molecule has 130 valence electrons. The number of hydrogen-bond donors (Lipinski definition) is 0. The zero-order valence-corrected chi connectivity index (χ0v) is 14.9. The molecule has 25 heavy (non-hydrogen) atoms. The Morgan fingerprint density at radius 2 is 1.56 bits per heavy atom. The van der Waals surface area contributed by atoms with Gasteiger partial charge in [-0.15, -0.1) is 0 Å². The average molecular weight is 337 g/mol. The van der Waals surface area contributed by atoms with Crippen LogP contribution < -0.4 is 9.80 Å². The maximum absolute atomic E-state index is 4.72. The van der Waals surface area contributed by atoms with E-state index < -0.39 is 0 Å². The summed E-state index contributed by atoms with van der Waals surface area (Å²) in [5.41, 5.74) is 2.17. The fourth-order valence-corrected chi connectivity index (χ4v) is 3.09. The quantitative estimate of drug-likeness (QED) is 0.714. The van der Waals surface area contributed by atoms with Crippen LogP contribution in [-0.4, -0.2) is 50.7 Å². The van der Waals surface area contributed by atoms with Crippen molar-refractivity contribution in [2.45, 2.75) is 26.2 Å². The van der Waals surface area contributed by atoms with E-state index in [4.69, 9.17) is 5.10 Å². The van der Waals surface area contributed by atoms with Crippen LogP contribution in [-0.2, 0) is 5.41 Å². The Morgan fingerprint density at radius 3 is 2.24 bits per heavy atom. The lowest BCUT2D eigenvalue weighted by atomic mass is 9.92. The van der Waals surface area contributed by atoms with Crippen LogP contribution in [0.1, 0.15) is 26.5 Å². The van der Waals surface area contributed by atoms with E-state index >= 15 is 0 Å². The van der Waals surface area contributed by atoms with Crippen LogP contribution in [0.4, 0.5) is 11.8 Å². The van der Waals surface area contributed by atoms with Gasteiger partial charge in [-0.2, -0.15) is 5.10 Å². The molecule has 0 bridgehead atoms. The van der Waals surface area contributed by atoms with Gasteiger partial charge in [0.1, 0.15) is 5.52 Å². The Balaban J connectivity index is 1.58. The third-order valence-corrected chi connectivity index (χ3v) is 4.55. The van der Waals surface area contributed by atoms with Crippen molar-refractivity contribution < 1.29 is 0 Å². The van der Waals surface area contributed by atoms with E-state index in [2.05, 4.69) is 51.6 Å². The van der Waals surface area contributed by atoms with Crippen molar-refractivity contribution in [1.29, 1.82) is 0 Å². The molecule has 1 saturated heterocycles. The lowest BCUT2D eigenvalue weighted by Gasteiger charge is -2.35. The van der Waals surface area contributed by atoms with Gasteiger partial charge in [0.05, 0.1) is 5.69 Å². The van der Waals surface area contributed by atoms with Gasteiger partial charge in [0.25, 0.3) is 0 Å². The minimum Gasteiger partial charge on any atom is -0.351 e. The van der Waals surface area contributed by atoms with Gasteiger partial charge in [-0.25, -0.2) is 19.5 Å². The van der Waals surface area contributed by atoms with Crippen LogP contribution in [0.2, 0.25) is 0 Å².